The van der Waals surface area contributed by atoms with Gasteiger partial charge >= 0.3 is 6.03 Å². The maximum absolute atomic E-state index is 11.9. The van der Waals surface area contributed by atoms with Gasteiger partial charge in [0.15, 0.2) is 0 Å². The molecule has 0 saturated carbocycles. The average Bonchev–Trinajstić information content (AvgIpc) is 3.01. The lowest BCUT2D eigenvalue weighted by Crippen LogP contribution is -2.27. The predicted molar refractivity (Wildman–Crippen MR) is 92.7 cm³/mol. The van der Waals surface area contributed by atoms with E-state index in [2.05, 4.69) is 30.4 Å². The van der Waals surface area contributed by atoms with Crippen molar-refractivity contribution in [1.82, 2.24) is 10.3 Å². The van der Waals surface area contributed by atoms with Gasteiger partial charge in [-0.1, -0.05) is 36.4 Å². The second-order valence-electron chi connectivity index (χ2n) is 5.78. The van der Waals surface area contributed by atoms with E-state index in [0.717, 1.165) is 27.8 Å². The molecule has 2 amide bonds. The van der Waals surface area contributed by atoms with Crippen molar-refractivity contribution < 1.29 is 4.79 Å². The van der Waals surface area contributed by atoms with E-state index in [-0.39, 0.29) is 6.03 Å². The van der Waals surface area contributed by atoms with Gasteiger partial charge in [0.25, 0.3) is 0 Å². The van der Waals surface area contributed by atoms with Gasteiger partial charge in [0.2, 0.25) is 0 Å². The maximum atomic E-state index is 11.9. The number of urea groups is 1. The number of anilines is 1. The van der Waals surface area contributed by atoms with Gasteiger partial charge in [-0.25, -0.2) is 9.78 Å². The van der Waals surface area contributed by atoms with Gasteiger partial charge in [0.05, 0.1) is 11.2 Å². The molecule has 1 aliphatic rings. The Hall–Kier alpha value is -2.88. The van der Waals surface area contributed by atoms with Crippen LogP contribution in [-0.4, -0.2) is 24.1 Å². The molecule has 1 aliphatic heterocycles. The van der Waals surface area contributed by atoms with Crippen LogP contribution in [0.5, 0.6) is 0 Å². The van der Waals surface area contributed by atoms with Crippen LogP contribution in [-0.2, 0) is 0 Å². The number of carbonyl (C=O) groups is 1. The zero-order valence-electron chi connectivity index (χ0n) is 12.9. The molecule has 3 aromatic rings. The number of nitrogens with zero attached hydrogens (tertiary/aromatic N) is 2. The van der Waals surface area contributed by atoms with E-state index >= 15 is 0 Å². The second kappa shape index (κ2) is 5.39. The van der Waals surface area contributed by atoms with Crippen LogP contribution in [0.2, 0.25) is 0 Å². The summed E-state index contributed by atoms with van der Waals surface area (Å²) in [5.74, 6) is 0. The molecule has 0 bridgehead atoms. The molecule has 23 heavy (non-hydrogen) atoms. The molecule has 0 unspecified atom stereocenters. The van der Waals surface area contributed by atoms with E-state index in [1.165, 1.54) is 5.56 Å². The van der Waals surface area contributed by atoms with Gasteiger partial charge in [-0.15, -0.1) is 0 Å². The highest BCUT2D eigenvalue weighted by Gasteiger charge is 2.21. The fourth-order valence-corrected chi connectivity index (χ4v) is 3.03. The summed E-state index contributed by atoms with van der Waals surface area (Å²) in [6.45, 7) is 3.48. The van der Waals surface area contributed by atoms with Crippen LogP contribution in [0.25, 0.3) is 22.2 Å². The van der Waals surface area contributed by atoms with Crippen molar-refractivity contribution in [3.8, 4) is 11.3 Å². The highest BCUT2D eigenvalue weighted by Crippen LogP contribution is 2.28. The van der Waals surface area contributed by atoms with E-state index in [0.29, 0.717) is 13.1 Å². The lowest BCUT2D eigenvalue weighted by Gasteiger charge is -2.15. The summed E-state index contributed by atoms with van der Waals surface area (Å²) in [6.07, 6.45) is 0. The largest absolute Gasteiger partial charge is 0.336 e. The third-order valence-corrected chi connectivity index (χ3v) is 4.24. The highest BCUT2D eigenvalue weighted by atomic mass is 16.2. The molecular formula is C19H17N3O. The van der Waals surface area contributed by atoms with Crippen molar-refractivity contribution in [2.45, 2.75) is 6.92 Å². The normalized spacial score (nSPS) is 14.3. The van der Waals surface area contributed by atoms with E-state index in [1.807, 2.05) is 36.4 Å². The summed E-state index contributed by atoms with van der Waals surface area (Å²) in [4.78, 5) is 18.4. The lowest BCUT2D eigenvalue weighted by atomic mass is 10.0. The van der Waals surface area contributed by atoms with Crippen LogP contribution in [0.15, 0.2) is 54.6 Å². The first-order chi connectivity index (χ1) is 11.2. The Labute approximate surface area is 134 Å². The predicted octanol–water partition coefficient (Wildman–Crippen LogP) is 3.74. The number of aryl methyl sites for hydroxylation is 1. The van der Waals surface area contributed by atoms with Crippen molar-refractivity contribution in [2.24, 2.45) is 0 Å². The SMILES string of the molecule is Cc1cc(-c2ccccc2)nc2cc(N3CCNC3=O)ccc12. The quantitative estimate of drug-likeness (QED) is 0.784. The second-order valence-corrected chi connectivity index (χ2v) is 5.78. The summed E-state index contributed by atoms with van der Waals surface area (Å²) in [7, 11) is 0. The Morgan fingerprint density at radius 1 is 1.09 bits per heavy atom. The zero-order chi connectivity index (χ0) is 15.8. The molecule has 2 heterocycles. The van der Waals surface area contributed by atoms with Gasteiger partial charge in [-0.3, -0.25) is 4.90 Å². The molecule has 1 N–H and O–H groups in total. The molecule has 114 valence electrons. The number of fused-ring (bicyclic) bond motifs is 1. The molecule has 1 aromatic heterocycles. The number of hydrogen-bond donors (Lipinski definition) is 1. The minimum absolute atomic E-state index is 0.0414. The molecule has 4 heteroatoms. The van der Waals surface area contributed by atoms with Crippen molar-refractivity contribution in [2.75, 3.05) is 18.0 Å². The van der Waals surface area contributed by atoms with Crippen LogP contribution < -0.4 is 10.2 Å². The number of hydrogen-bond acceptors (Lipinski definition) is 2. The third kappa shape index (κ3) is 2.42. The molecular weight excluding hydrogens is 286 g/mol. The summed E-state index contributed by atoms with van der Waals surface area (Å²) in [5.41, 5.74) is 5.05. The molecule has 0 radical (unpaired) electrons. The minimum Gasteiger partial charge on any atom is -0.336 e. The first-order valence-electron chi connectivity index (χ1n) is 7.74. The highest BCUT2D eigenvalue weighted by molar-refractivity contribution is 5.97. The van der Waals surface area contributed by atoms with Crippen molar-refractivity contribution in [1.29, 1.82) is 0 Å². The number of carbonyl (C=O) groups excluding carboxylic acids is 1. The van der Waals surface area contributed by atoms with Gasteiger partial charge < -0.3 is 5.32 Å². The van der Waals surface area contributed by atoms with E-state index in [1.54, 1.807) is 4.90 Å². The lowest BCUT2D eigenvalue weighted by molar-refractivity contribution is 0.252. The molecule has 4 rings (SSSR count). The Balaban J connectivity index is 1.85. The average molecular weight is 303 g/mol. The van der Waals surface area contributed by atoms with Crippen LogP contribution in [0.3, 0.4) is 0 Å². The van der Waals surface area contributed by atoms with Gasteiger partial charge in [0, 0.05) is 29.7 Å². The van der Waals surface area contributed by atoms with Crippen LogP contribution in [0.1, 0.15) is 5.56 Å². The van der Waals surface area contributed by atoms with Crippen LogP contribution in [0, 0.1) is 6.92 Å². The fraction of sp³-hybridized carbons (Fsp3) is 0.158. The number of pyridine rings is 1. The zero-order valence-corrected chi connectivity index (χ0v) is 12.9. The van der Waals surface area contributed by atoms with Crippen molar-refractivity contribution in [3.63, 3.8) is 0 Å². The molecule has 0 atom stereocenters. The molecule has 0 aliphatic carbocycles. The maximum Gasteiger partial charge on any atom is 0.321 e. The number of rotatable bonds is 2. The Morgan fingerprint density at radius 3 is 2.65 bits per heavy atom. The number of benzene rings is 2. The molecule has 4 nitrogen and oxygen atoms in total. The number of nitrogens with one attached hydrogen (secondary N) is 1. The Bertz CT molecular complexity index is 890. The van der Waals surface area contributed by atoms with Gasteiger partial charge in [0.1, 0.15) is 0 Å². The van der Waals surface area contributed by atoms with E-state index in [4.69, 9.17) is 4.98 Å². The van der Waals surface area contributed by atoms with Crippen LogP contribution >= 0.6 is 0 Å². The number of aromatic nitrogens is 1. The summed E-state index contributed by atoms with van der Waals surface area (Å²) < 4.78 is 0. The summed E-state index contributed by atoms with van der Waals surface area (Å²) in [6, 6.07) is 18.3. The standard InChI is InChI=1S/C19H17N3O/c1-13-11-17(14-5-3-2-4-6-14)21-18-12-15(7-8-16(13)18)22-10-9-20-19(22)23/h2-8,11-12H,9-10H2,1H3,(H,20,23). The topological polar surface area (TPSA) is 45.2 Å². The monoisotopic (exact) mass is 303 g/mol. The fourth-order valence-electron chi connectivity index (χ4n) is 3.03. The first kappa shape index (κ1) is 13.8. The van der Waals surface area contributed by atoms with Crippen molar-refractivity contribution >= 4 is 22.6 Å². The van der Waals surface area contributed by atoms with Crippen molar-refractivity contribution in [3.05, 3.63) is 60.2 Å². The summed E-state index contributed by atoms with van der Waals surface area (Å²) in [5, 5.41) is 3.95. The van der Waals surface area contributed by atoms with E-state index < -0.39 is 0 Å². The molecule has 1 fully saturated rings. The third-order valence-electron chi connectivity index (χ3n) is 4.24. The first-order valence-corrected chi connectivity index (χ1v) is 7.74. The number of amides is 2. The Morgan fingerprint density at radius 2 is 1.91 bits per heavy atom. The van der Waals surface area contributed by atoms with E-state index in [9.17, 15) is 4.79 Å². The minimum atomic E-state index is -0.0414. The molecule has 0 spiro atoms. The Kier molecular flexibility index (Phi) is 3.23. The smallest absolute Gasteiger partial charge is 0.321 e. The molecule has 2 aromatic carbocycles. The van der Waals surface area contributed by atoms with Crippen LogP contribution in [0.4, 0.5) is 10.5 Å². The van der Waals surface area contributed by atoms with Gasteiger partial charge in [-0.05, 0) is 30.7 Å². The molecule has 1 saturated heterocycles. The summed E-state index contributed by atoms with van der Waals surface area (Å²) >= 11 is 0. The van der Waals surface area contributed by atoms with Gasteiger partial charge in [-0.2, -0.15) is 0 Å².